The van der Waals surface area contributed by atoms with Crippen molar-refractivity contribution in [2.24, 2.45) is 10.8 Å². The number of imidazole rings is 1. The quantitative estimate of drug-likeness (QED) is 0.0908. The summed E-state index contributed by atoms with van der Waals surface area (Å²) < 4.78 is 7.35. The topological polar surface area (TPSA) is 187 Å². The molecule has 4 aromatic rings. The second kappa shape index (κ2) is 16.2. The number of hydrogen-bond acceptors (Lipinski definition) is 10. The number of likely N-dealkylation sites (tertiary alicyclic amines) is 1. The molecule has 0 aliphatic carbocycles. The van der Waals surface area contributed by atoms with E-state index in [1.54, 1.807) is 23.2 Å². The van der Waals surface area contributed by atoms with Crippen LogP contribution in [-0.2, 0) is 22.7 Å². The molecule has 1 aromatic carbocycles. The Hall–Kier alpha value is -4.84. The van der Waals surface area contributed by atoms with E-state index in [1.807, 2.05) is 49.6 Å². The normalized spacial score (nSPS) is 15.7. The van der Waals surface area contributed by atoms with Crippen molar-refractivity contribution >= 4 is 46.6 Å². The predicted molar refractivity (Wildman–Crippen MR) is 191 cm³/mol. The number of rotatable bonds is 10. The number of benzene rings is 1. The number of aliphatic hydroxyl groups excluding tert-OH is 1. The number of carboxylic acid groups (broad SMARTS) is 1. The number of fused-ring (bicyclic) bond motifs is 1. The van der Waals surface area contributed by atoms with Crippen molar-refractivity contribution in [2.75, 3.05) is 18.5 Å². The monoisotopic (exact) mass is 703 g/mol. The van der Waals surface area contributed by atoms with Crippen molar-refractivity contribution < 1.29 is 29.0 Å². The number of amides is 2. The largest absolute Gasteiger partial charge is 0.483 e. The second-order valence-electron chi connectivity index (χ2n) is 14.3. The van der Waals surface area contributed by atoms with Crippen molar-refractivity contribution in [1.29, 1.82) is 5.26 Å². The Bertz CT molecular complexity index is 1860. The van der Waals surface area contributed by atoms with Gasteiger partial charge in [0.05, 0.1) is 39.6 Å². The number of hydrogen-bond donors (Lipinski definition) is 4. The van der Waals surface area contributed by atoms with Gasteiger partial charge in [-0.1, -0.05) is 53.7 Å². The standard InChI is InChI=1S/C35H43N7O4S.CH2O2/c1-34(2,3)15-23(16-36)32(45)41-13-7-8-24(41)19-42-26-10-9-22(17-38-30(20-43)35(4,5)6)14-25(26)39-33(42)40-31(44)29-12-11-28(47-29)27-18-37-21-46-27;2-1-3/h9-12,14-15,18,21,24,30,38,43H,7-8,13,17,19-20H2,1-6H3,(H,39,40,44);1H,(H,2,3)/t24-,30-;/m1./s1. The van der Waals surface area contributed by atoms with E-state index >= 15 is 0 Å². The minimum Gasteiger partial charge on any atom is -0.483 e. The van der Waals surface area contributed by atoms with E-state index < -0.39 is 0 Å². The number of oxazole rings is 1. The van der Waals surface area contributed by atoms with Crippen LogP contribution < -0.4 is 10.6 Å². The summed E-state index contributed by atoms with van der Waals surface area (Å²) in [5, 5.41) is 33.1. The van der Waals surface area contributed by atoms with Gasteiger partial charge in [0, 0.05) is 25.7 Å². The molecule has 2 atom stereocenters. The van der Waals surface area contributed by atoms with E-state index in [1.165, 1.54) is 17.7 Å². The van der Waals surface area contributed by atoms with Gasteiger partial charge in [-0.05, 0) is 53.5 Å². The summed E-state index contributed by atoms with van der Waals surface area (Å²) >= 11 is 1.29. The molecule has 5 rings (SSSR count). The highest BCUT2D eigenvalue weighted by Gasteiger charge is 2.33. The van der Waals surface area contributed by atoms with E-state index in [0.717, 1.165) is 28.8 Å². The van der Waals surface area contributed by atoms with Crippen LogP contribution in [0.4, 0.5) is 5.95 Å². The molecule has 4 N–H and O–H groups in total. The highest BCUT2D eigenvalue weighted by atomic mass is 32.1. The first kappa shape index (κ1) is 38.0. The Kier molecular flexibility index (Phi) is 12.3. The molecule has 0 saturated carbocycles. The molecule has 13 nitrogen and oxygen atoms in total. The van der Waals surface area contributed by atoms with Crippen LogP contribution in [0.15, 0.2) is 59.0 Å². The van der Waals surface area contributed by atoms with Gasteiger partial charge in [0.2, 0.25) is 5.95 Å². The van der Waals surface area contributed by atoms with Gasteiger partial charge in [-0.2, -0.15) is 5.26 Å². The summed E-state index contributed by atoms with van der Waals surface area (Å²) in [7, 11) is 0. The summed E-state index contributed by atoms with van der Waals surface area (Å²) in [6, 6.07) is 11.4. The Morgan fingerprint density at radius 3 is 2.56 bits per heavy atom. The lowest BCUT2D eigenvalue weighted by molar-refractivity contribution is -0.127. The number of nitriles is 1. The zero-order valence-electron chi connectivity index (χ0n) is 29.3. The van der Waals surface area contributed by atoms with E-state index in [4.69, 9.17) is 19.3 Å². The highest BCUT2D eigenvalue weighted by molar-refractivity contribution is 7.17. The fraction of sp³-hybridized carbons (Fsp3) is 0.444. The minimum absolute atomic E-state index is 0.0203. The number of allylic oxidation sites excluding steroid dienone is 1. The molecule has 1 saturated heterocycles. The number of carbonyl (C=O) groups is 3. The summed E-state index contributed by atoms with van der Waals surface area (Å²) in [6.45, 7) is 13.4. The van der Waals surface area contributed by atoms with Gasteiger partial charge in [0.1, 0.15) is 11.6 Å². The summed E-state index contributed by atoms with van der Waals surface area (Å²) in [5.41, 5.74) is 2.21. The smallest absolute Gasteiger partial charge is 0.290 e. The van der Waals surface area contributed by atoms with Crippen LogP contribution in [-0.4, -0.2) is 73.2 Å². The van der Waals surface area contributed by atoms with Crippen LogP contribution in [0.25, 0.3) is 21.7 Å². The fourth-order valence-electron chi connectivity index (χ4n) is 5.78. The van der Waals surface area contributed by atoms with E-state index in [-0.39, 0.29) is 53.4 Å². The van der Waals surface area contributed by atoms with Crippen LogP contribution in [0.2, 0.25) is 0 Å². The first-order valence-corrected chi connectivity index (χ1v) is 17.2. The zero-order valence-corrected chi connectivity index (χ0v) is 30.1. The van der Waals surface area contributed by atoms with Gasteiger partial charge in [-0.15, -0.1) is 11.3 Å². The number of nitrogens with one attached hydrogen (secondary N) is 2. The molecule has 50 heavy (non-hydrogen) atoms. The Morgan fingerprint density at radius 2 is 1.94 bits per heavy atom. The third kappa shape index (κ3) is 9.44. The molecular weight excluding hydrogens is 659 g/mol. The number of carbonyl (C=O) groups excluding carboxylic acids is 2. The van der Waals surface area contributed by atoms with Gasteiger partial charge in [-0.3, -0.25) is 19.7 Å². The van der Waals surface area contributed by atoms with Gasteiger partial charge in [0.15, 0.2) is 12.2 Å². The molecule has 0 radical (unpaired) electrons. The van der Waals surface area contributed by atoms with Crippen LogP contribution in [0.1, 0.15) is 69.6 Å². The molecule has 1 fully saturated rings. The summed E-state index contributed by atoms with van der Waals surface area (Å²) in [5.74, 6) is 0.372. The first-order chi connectivity index (χ1) is 23.7. The van der Waals surface area contributed by atoms with E-state index in [9.17, 15) is 20.0 Å². The average Bonchev–Trinajstić information content (AvgIpc) is 3.87. The maximum Gasteiger partial charge on any atom is 0.290 e. The van der Waals surface area contributed by atoms with Crippen molar-refractivity contribution in [2.45, 2.75) is 79.6 Å². The molecule has 0 spiro atoms. The number of anilines is 1. The van der Waals surface area contributed by atoms with E-state index in [0.29, 0.717) is 41.7 Å². The van der Waals surface area contributed by atoms with Crippen molar-refractivity contribution in [1.82, 2.24) is 24.8 Å². The molecule has 0 bridgehead atoms. The van der Waals surface area contributed by atoms with Gasteiger partial charge in [0.25, 0.3) is 18.3 Å². The molecule has 0 unspecified atom stereocenters. The minimum atomic E-state index is -0.320. The van der Waals surface area contributed by atoms with Gasteiger partial charge < -0.3 is 29.4 Å². The van der Waals surface area contributed by atoms with Gasteiger partial charge >= 0.3 is 0 Å². The van der Waals surface area contributed by atoms with Crippen molar-refractivity contribution in [3.63, 3.8) is 0 Å². The first-order valence-electron chi connectivity index (χ1n) is 16.3. The Balaban J connectivity index is 0.00000181. The lowest BCUT2D eigenvalue weighted by Gasteiger charge is -2.30. The third-order valence-electron chi connectivity index (χ3n) is 8.28. The summed E-state index contributed by atoms with van der Waals surface area (Å²) in [4.78, 5) is 47.3. The summed E-state index contributed by atoms with van der Waals surface area (Å²) in [6.07, 6.45) is 6.26. The Labute approximate surface area is 295 Å². The highest BCUT2D eigenvalue weighted by Crippen LogP contribution is 2.31. The molecule has 4 heterocycles. The molecule has 1 aliphatic rings. The molecule has 2 amide bonds. The zero-order chi connectivity index (χ0) is 36.6. The number of aromatic nitrogens is 3. The predicted octanol–water partition coefficient (Wildman–Crippen LogP) is 5.69. The third-order valence-corrected chi connectivity index (χ3v) is 9.38. The molecule has 14 heteroatoms. The number of thiophene rings is 1. The second-order valence-corrected chi connectivity index (χ2v) is 15.4. The molecular formula is C36H45N7O6S. The molecule has 266 valence electrons. The van der Waals surface area contributed by atoms with Gasteiger partial charge in [-0.25, -0.2) is 9.97 Å². The maximum absolute atomic E-state index is 13.6. The van der Waals surface area contributed by atoms with Crippen molar-refractivity contribution in [3.8, 4) is 16.7 Å². The van der Waals surface area contributed by atoms with Crippen molar-refractivity contribution in [3.05, 3.63) is 65.0 Å². The fourth-order valence-corrected chi connectivity index (χ4v) is 6.63. The van der Waals surface area contributed by atoms with Crippen LogP contribution in [0, 0.1) is 22.2 Å². The molecule has 3 aromatic heterocycles. The average molecular weight is 704 g/mol. The number of aliphatic hydroxyl groups is 1. The lowest BCUT2D eigenvalue weighted by atomic mass is 9.87. The Morgan fingerprint density at radius 1 is 1.20 bits per heavy atom. The van der Waals surface area contributed by atoms with E-state index in [2.05, 4.69) is 42.5 Å². The van der Waals surface area contributed by atoms with Crippen LogP contribution in [0.3, 0.4) is 0 Å². The molecule has 1 aliphatic heterocycles. The lowest BCUT2D eigenvalue weighted by Crippen LogP contribution is -2.42. The van der Waals surface area contributed by atoms with Crippen LogP contribution in [0.5, 0.6) is 0 Å². The SMILES string of the molecule is CC(C)(C)C=C(C#N)C(=O)N1CCC[C@@H]1Cn1c(NC(=O)c2ccc(-c3cnco3)s2)nc2cc(CN[C@H](CO)C(C)(C)C)ccc21.O=CO. The maximum atomic E-state index is 13.6. The number of nitrogens with zero attached hydrogens (tertiary/aromatic N) is 5. The van der Waals surface area contributed by atoms with Crippen LogP contribution >= 0.6 is 11.3 Å².